The van der Waals surface area contributed by atoms with Crippen molar-refractivity contribution < 1.29 is 14.6 Å². The Morgan fingerprint density at radius 1 is 1.21 bits per heavy atom. The number of rotatable bonds is 4. The predicted octanol–water partition coefficient (Wildman–Crippen LogP) is 6.23. The predicted molar refractivity (Wildman–Crippen MR) is 117 cm³/mol. The Morgan fingerprint density at radius 3 is 2.55 bits per heavy atom. The summed E-state index contributed by atoms with van der Waals surface area (Å²) in [5.41, 5.74) is 6.26. The standard InChI is InChI=1S/C20H19BrN4O3S/c1-20(2,3)28-19(27)12-9-15(11-7-5-4-6-8-11)29-18(12)25-24-17-13(21)10-14(26)16(22)23-17/h4-10,26H,1-3H3,(H2,22,23). The van der Waals surface area contributed by atoms with E-state index in [1.807, 2.05) is 30.3 Å². The molecule has 3 N–H and O–H groups in total. The third kappa shape index (κ3) is 5.18. The van der Waals surface area contributed by atoms with Crippen molar-refractivity contribution in [3.8, 4) is 16.2 Å². The van der Waals surface area contributed by atoms with E-state index in [0.29, 0.717) is 15.0 Å². The lowest BCUT2D eigenvalue weighted by Gasteiger charge is -2.19. The van der Waals surface area contributed by atoms with Crippen molar-refractivity contribution in [2.24, 2.45) is 10.2 Å². The zero-order chi connectivity index (χ0) is 21.2. The van der Waals surface area contributed by atoms with Gasteiger partial charge in [0, 0.05) is 10.9 Å². The van der Waals surface area contributed by atoms with Crippen molar-refractivity contribution in [1.29, 1.82) is 0 Å². The molecule has 29 heavy (non-hydrogen) atoms. The van der Waals surface area contributed by atoms with E-state index in [1.54, 1.807) is 26.8 Å². The number of hydrogen-bond donors (Lipinski definition) is 2. The summed E-state index contributed by atoms with van der Waals surface area (Å²) in [5, 5.41) is 18.3. The number of nitrogens with two attached hydrogens (primary N) is 1. The van der Waals surface area contributed by atoms with Gasteiger partial charge >= 0.3 is 5.97 Å². The van der Waals surface area contributed by atoms with Gasteiger partial charge in [0.15, 0.2) is 22.4 Å². The summed E-state index contributed by atoms with van der Waals surface area (Å²) in [6.45, 7) is 5.41. The maximum Gasteiger partial charge on any atom is 0.341 e. The summed E-state index contributed by atoms with van der Waals surface area (Å²) in [4.78, 5) is 17.6. The fraction of sp³-hybridized carbons (Fsp3) is 0.200. The number of halogens is 1. The van der Waals surface area contributed by atoms with Crippen LogP contribution < -0.4 is 5.73 Å². The van der Waals surface area contributed by atoms with Gasteiger partial charge in [-0.1, -0.05) is 30.3 Å². The number of pyridine rings is 1. The average Bonchev–Trinajstić information content (AvgIpc) is 3.07. The first-order valence-electron chi connectivity index (χ1n) is 8.63. The number of nitrogen functional groups attached to an aromatic ring is 1. The maximum atomic E-state index is 12.7. The third-order valence-corrected chi connectivity index (χ3v) is 5.24. The van der Waals surface area contributed by atoms with E-state index in [0.717, 1.165) is 10.4 Å². The second-order valence-corrected chi connectivity index (χ2v) is 8.98. The van der Waals surface area contributed by atoms with Gasteiger partial charge in [-0.05, 0) is 48.3 Å². The molecule has 0 aliphatic heterocycles. The number of anilines is 1. The molecule has 2 aromatic heterocycles. The van der Waals surface area contributed by atoms with Crippen LogP contribution in [0.3, 0.4) is 0 Å². The SMILES string of the molecule is CC(C)(C)OC(=O)c1cc(-c2ccccc2)sc1N=Nc1nc(N)c(O)cc1Br. The summed E-state index contributed by atoms with van der Waals surface area (Å²) in [7, 11) is 0. The second kappa shape index (κ2) is 8.30. The van der Waals surface area contributed by atoms with Gasteiger partial charge in [0.1, 0.15) is 5.60 Å². The molecule has 1 aromatic carbocycles. The van der Waals surface area contributed by atoms with Crippen molar-refractivity contribution in [1.82, 2.24) is 4.98 Å². The molecule has 0 aliphatic carbocycles. The molecule has 3 rings (SSSR count). The van der Waals surface area contributed by atoms with E-state index in [9.17, 15) is 9.90 Å². The minimum Gasteiger partial charge on any atom is -0.504 e. The molecule has 0 aliphatic rings. The molecule has 0 spiro atoms. The number of ether oxygens (including phenoxy) is 1. The highest BCUT2D eigenvalue weighted by molar-refractivity contribution is 9.10. The molecular weight excluding hydrogens is 456 g/mol. The molecule has 2 heterocycles. The lowest BCUT2D eigenvalue weighted by Crippen LogP contribution is -2.23. The molecule has 3 aromatic rings. The Hall–Kier alpha value is -2.78. The Morgan fingerprint density at radius 2 is 1.90 bits per heavy atom. The Kier molecular flexibility index (Phi) is 5.99. The summed E-state index contributed by atoms with van der Waals surface area (Å²) in [6, 6.07) is 12.8. The summed E-state index contributed by atoms with van der Waals surface area (Å²) < 4.78 is 5.94. The number of esters is 1. The van der Waals surface area contributed by atoms with E-state index in [2.05, 4.69) is 31.1 Å². The van der Waals surface area contributed by atoms with Gasteiger partial charge < -0.3 is 15.6 Å². The lowest BCUT2D eigenvalue weighted by atomic mass is 10.1. The zero-order valence-electron chi connectivity index (χ0n) is 16.0. The first kappa shape index (κ1) is 20.9. The molecule has 9 heteroatoms. The van der Waals surface area contributed by atoms with Crippen LogP contribution in [-0.2, 0) is 4.74 Å². The summed E-state index contributed by atoms with van der Waals surface area (Å²) in [6.07, 6.45) is 0. The Balaban J connectivity index is 2.03. The molecule has 0 atom stereocenters. The van der Waals surface area contributed by atoms with Gasteiger partial charge in [0.2, 0.25) is 0 Å². The molecule has 0 amide bonds. The molecule has 7 nitrogen and oxygen atoms in total. The van der Waals surface area contributed by atoms with Crippen molar-refractivity contribution >= 4 is 49.9 Å². The van der Waals surface area contributed by atoms with E-state index in [4.69, 9.17) is 10.5 Å². The first-order valence-corrected chi connectivity index (χ1v) is 10.2. The highest BCUT2D eigenvalue weighted by Crippen LogP contribution is 2.40. The number of benzene rings is 1. The van der Waals surface area contributed by atoms with Crippen LogP contribution in [0.5, 0.6) is 5.75 Å². The van der Waals surface area contributed by atoms with Gasteiger partial charge in [-0.25, -0.2) is 9.78 Å². The molecule has 0 saturated heterocycles. The summed E-state index contributed by atoms with van der Waals surface area (Å²) >= 11 is 4.58. The quantitative estimate of drug-likeness (QED) is 0.343. The molecule has 0 fully saturated rings. The van der Waals surface area contributed by atoms with Crippen molar-refractivity contribution in [3.63, 3.8) is 0 Å². The van der Waals surface area contributed by atoms with Crippen LogP contribution in [-0.4, -0.2) is 21.7 Å². The normalized spacial score (nSPS) is 11.7. The Labute approximate surface area is 180 Å². The van der Waals surface area contributed by atoms with Crippen LogP contribution in [0, 0.1) is 0 Å². The molecule has 0 unspecified atom stereocenters. The second-order valence-electron chi connectivity index (χ2n) is 7.10. The number of thiophene rings is 1. The zero-order valence-corrected chi connectivity index (χ0v) is 18.4. The van der Waals surface area contributed by atoms with E-state index in [1.165, 1.54) is 17.4 Å². The van der Waals surface area contributed by atoms with Gasteiger partial charge in [-0.15, -0.1) is 21.6 Å². The molecule has 0 saturated carbocycles. The first-order chi connectivity index (χ1) is 13.6. The molecule has 150 valence electrons. The van der Waals surface area contributed by atoms with E-state index < -0.39 is 11.6 Å². The minimum absolute atomic E-state index is 0.0642. The van der Waals surface area contributed by atoms with Crippen LogP contribution in [0.15, 0.2) is 57.2 Å². The maximum absolute atomic E-state index is 12.7. The number of nitrogens with zero attached hydrogens (tertiary/aromatic N) is 3. The number of aromatic hydroxyl groups is 1. The third-order valence-electron chi connectivity index (χ3n) is 3.59. The van der Waals surface area contributed by atoms with Crippen LogP contribution in [0.2, 0.25) is 0 Å². The fourth-order valence-corrected chi connectivity index (χ4v) is 3.68. The fourth-order valence-electron chi connectivity index (χ4n) is 2.33. The Bertz CT molecular complexity index is 1080. The van der Waals surface area contributed by atoms with E-state index >= 15 is 0 Å². The number of carbonyl (C=O) groups excluding carboxylic acids is 1. The van der Waals surface area contributed by atoms with Crippen LogP contribution >= 0.6 is 27.3 Å². The largest absolute Gasteiger partial charge is 0.504 e. The highest BCUT2D eigenvalue weighted by atomic mass is 79.9. The number of hydrogen-bond acceptors (Lipinski definition) is 8. The highest BCUT2D eigenvalue weighted by Gasteiger charge is 2.23. The van der Waals surface area contributed by atoms with Crippen molar-refractivity contribution in [3.05, 3.63) is 52.5 Å². The topological polar surface area (TPSA) is 110 Å². The van der Waals surface area contributed by atoms with Gasteiger partial charge in [0.05, 0.1) is 10.0 Å². The number of azo groups is 1. The summed E-state index contributed by atoms with van der Waals surface area (Å²) in [5.74, 6) is -0.523. The van der Waals surface area contributed by atoms with E-state index in [-0.39, 0.29) is 17.4 Å². The van der Waals surface area contributed by atoms with Crippen LogP contribution in [0.1, 0.15) is 31.1 Å². The lowest BCUT2D eigenvalue weighted by molar-refractivity contribution is 0.00710. The van der Waals surface area contributed by atoms with Crippen molar-refractivity contribution in [2.75, 3.05) is 5.73 Å². The average molecular weight is 475 g/mol. The smallest absolute Gasteiger partial charge is 0.341 e. The van der Waals surface area contributed by atoms with Crippen LogP contribution in [0.25, 0.3) is 10.4 Å². The van der Waals surface area contributed by atoms with Gasteiger partial charge in [-0.3, -0.25) is 0 Å². The number of aromatic nitrogens is 1. The minimum atomic E-state index is -0.643. The van der Waals surface area contributed by atoms with Gasteiger partial charge in [0.25, 0.3) is 0 Å². The monoisotopic (exact) mass is 474 g/mol. The van der Waals surface area contributed by atoms with Crippen molar-refractivity contribution in [2.45, 2.75) is 26.4 Å². The van der Waals surface area contributed by atoms with Gasteiger partial charge in [-0.2, -0.15) is 0 Å². The van der Waals surface area contributed by atoms with Crippen LogP contribution in [0.4, 0.5) is 16.6 Å². The molecule has 0 radical (unpaired) electrons. The molecule has 0 bridgehead atoms. The molecular formula is C20H19BrN4O3S. The number of carbonyl (C=O) groups is 1.